The smallest absolute Gasteiger partial charge is 0.339 e. The number of esters is 1. The maximum Gasteiger partial charge on any atom is 0.339 e. The highest BCUT2D eigenvalue weighted by Crippen LogP contribution is 2.80. The van der Waals surface area contributed by atoms with Crippen LogP contribution in [0.1, 0.15) is 66.1 Å². The van der Waals surface area contributed by atoms with E-state index in [-0.39, 0.29) is 18.1 Å². The number of aliphatic hydroxyl groups excluding tert-OH is 1. The lowest BCUT2D eigenvalue weighted by Gasteiger charge is -2.66. The molecule has 10 unspecified atom stereocenters. The number of carbonyl (C=O) groups is 2. The molecule has 5 aliphatic rings. The lowest BCUT2D eigenvalue weighted by Crippen LogP contribution is -2.75. The third kappa shape index (κ3) is 2.09. The van der Waals surface area contributed by atoms with Crippen LogP contribution in [0.15, 0.2) is 23.0 Å². The average Bonchev–Trinajstić information content (AvgIpc) is 3.28. The molecule has 1 aromatic rings. The fourth-order valence-electron chi connectivity index (χ4n) is 9.30. The van der Waals surface area contributed by atoms with Gasteiger partial charge in [0.05, 0.1) is 29.6 Å². The molecule has 2 saturated carbocycles. The lowest BCUT2D eigenvalue weighted by molar-refractivity contribution is -0.299. The molecule has 3 aliphatic heterocycles. The zero-order valence-electron chi connectivity index (χ0n) is 20.8. The Kier molecular flexibility index (Phi) is 4.10. The van der Waals surface area contributed by atoms with E-state index in [1.807, 2.05) is 34.6 Å². The SMILES string of the molecule is COC1(C)OC(C)(C)C2CC(=O)C3(C)C(C(O)CC4(C)C(c5ccoc5)OC(=O)C5OC543)C21C. The zero-order chi connectivity index (χ0) is 24.7. The first-order chi connectivity index (χ1) is 15.7. The van der Waals surface area contributed by atoms with Gasteiger partial charge in [-0.25, -0.2) is 4.79 Å². The van der Waals surface area contributed by atoms with Crippen LogP contribution in [0.5, 0.6) is 0 Å². The van der Waals surface area contributed by atoms with Crippen molar-refractivity contribution in [3.63, 3.8) is 0 Å². The average molecular weight is 475 g/mol. The highest BCUT2D eigenvalue weighted by molar-refractivity contribution is 5.93. The third-order valence-corrected chi connectivity index (χ3v) is 10.8. The molecule has 1 aromatic heterocycles. The number of carbonyl (C=O) groups excluding carboxylic acids is 2. The Morgan fingerprint density at radius 1 is 1.09 bits per heavy atom. The van der Waals surface area contributed by atoms with Crippen LogP contribution in [-0.4, -0.2) is 53.2 Å². The number of hydrogen-bond donors (Lipinski definition) is 1. The van der Waals surface area contributed by atoms with Gasteiger partial charge in [0, 0.05) is 41.8 Å². The van der Waals surface area contributed by atoms with Crippen molar-refractivity contribution in [1.29, 1.82) is 0 Å². The van der Waals surface area contributed by atoms with E-state index in [0.717, 1.165) is 0 Å². The summed E-state index contributed by atoms with van der Waals surface area (Å²) in [5.74, 6) is -2.25. The summed E-state index contributed by atoms with van der Waals surface area (Å²) < 4.78 is 30.0. The minimum absolute atomic E-state index is 0.00915. The van der Waals surface area contributed by atoms with Crippen molar-refractivity contribution < 1.29 is 38.1 Å². The normalized spacial score (nSPS) is 55.0. The highest BCUT2D eigenvalue weighted by atomic mass is 16.7. The van der Waals surface area contributed by atoms with E-state index in [0.29, 0.717) is 12.0 Å². The van der Waals surface area contributed by atoms with Crippen LogP contribution >= 0.6 is 0 Å². The summed E-state index contributed by atoms with van der Waals surface area (Å²) in [6, 6.07) is 1.76. The Labute approximate surface area is 199 Å². The van der Waals surface area contributed by atoms with E-state index < -0.39 is 63.4 Å². The molecule has 10 atom stereocenters. The summed E-state index contributed by atoms with van der Waals surface area (Å²) >= 11 is 0. The molecule has 0 amide bonds. The molecule has 1 spiro atoms. The number of cyclic esters (lactones) is 1. The quantitative estimate of drug-likeness (QED) is 0.514. The van der Waals surface area contributed by atoms with Gasteiger partial charge in [0.1, 0.15) is 17.5 Å². The summed E-state index contributed by atoms with van der Waals surface area (Å²) in [4.78, 5) is 27.4. The second-order valence-electron chi connectivity index (χ2n) is 12.3. The van der Waals surface area contributed by atoms with Crippen LogP contribution in [-0.2, 0) is 28.5 Å². The van der Waals surface area contributed by atoms with Crippen LogP contribution in [0.3, 0.4) is 0 Å². The number of Topliss-reactive ketones (excluding diaryl/α,β-unsaturated/α-hetero) is 1. The van der Waals surface area contributed by atoms with Gasteiger partial charge >= 0.3 is 5.97 Å². The molecule has 8 heteroatoms. The van der Waals surface area contributed by atoms with E-state index in [1.165, 1.54) is 6.26 Å². The van der Waals surface area contributed by atoms with Gasteiger partial charge < -0.3 is 28.5 Å². The first kappa shape index (κ1) is 22.7. The molecule has 1 N–H and O–H groups in total. The number of fused-ring (bicyclic) bond motifs is 3. The molecule has 4 heterocycles. The molecule has 5 fully saturated rings. The molecule has 34 heavy (non-hydrogen) atoms. The largest absolute Gasteiger partial charge is 0.472 e. The van der Waals surface area contributed by atoms with Crippen molar-refractivity contribution in [2.24, 2.45) is 28.1 Å². The molecular weight excluding hydrogens is 440 g/mol. The van der Waals surface area contributed by atoms with E-state index >= 15 is 0 Å². The molecule has 0 radical (unpaired) electrons. The van der Waals surface area contributed by atoms with Crippen LogP contribution < -0.4 is 0 Å². The Morgan fingerprint density at radius 2 is 1.79 bits per heavy atom. The van der Waals surface area contributed by atoms with Gasteiger partial charge in [-0.3, -0.25) is 4.79 Å². The van der Waals surface area contributed by atoms with Gasteiger partial charge in [-0.15, -0.1) is 0 Å². The molecule has 0 aromatic carbocycles. The Hall–Kier alpha value is -1.74. The fraction of sp³-hybridized carbons (Fsp3) is 0.769. The second-order valence-corrected chi connectivity index (χ2v) is 12.3. The molecule has 186 valence electrons. The van der Waals surface area contributed by atoms with Crippen molar-refractivity contribution in [1.82, 2.24) is 0 Å². The van der Waals surface area contributed by atoms with E-state index in [9.17, 15) is 14.7 Å². The molecular formula is C26H34O8. The number of ether oxygens (including phenoxy) is 4. The number of furan rings is 1. The number of epoxide rings is 1. The van der Waals surface area contributed by atoms with Gasteiger partial charge in [-0.1, -0.05) is 13.8 Å². The maximum absolute atomic E-state index is 14.2. The van der Waals surface area contributed by atoms with E-state index in [2.05, 4.69) is 6.92 Å². The van der Waals surface area contributed by atoms with E-state index in [1.54, 1.807) is 19.4 Å². The van der Waals surface area contributed by atoms with Crippen LogP contribution in [0.2, 0.25) is 0 Å². The molecule has 6 rings (SSSR count). The summed E-state index contributed by atoms with van der Waals surface area (Å²) in [7, 11) is 1.61. The van der Waals surface area contributed by atoms with Gasteiger partial charge in [0.25, 0.3) is 0 Å². The standard InChI is InChI=1S/C26H34O8/c1-21(2)15-10-16(28)24(5)17(23(15,4)25(6,30-7)34-21)14(27)11-22(3)18(13-8-9-31-12-13)32-20(29)19-26(22,24)33-19/h8-9,12,14-15,17-19,27H,10-11H2,1-7H3. The van der Waals surface area contributed by atoms with Crippen molar-refractivity contribution in [3.05, 3.63) is 24.2 Å². The lowest BCUT2D eigenvalue weighted by atomic mass is 9.36. The van der Waals surface area contributed by atoms with Gasteiger partial charge in [0.15, 0.2) is 11.9 Å². The van der Waals surface area contributed by atoms with E-state index in [4.69, 9.17) is 23.4 Å². The van der Waals surface area contributed by atoms with Crippen molar-refractivity contribution >= 4 is 11.8 Å². The topological polar surface area (TPSA) is 108 Å². The monoisotopic (exact) mass is 474 g/mol. The number of aliphatic hydroxyl groups is 1. The van der Waals surface area contributed by atoms with Crippen molar-refractivity contribution in [3.8, 4) is 0 Å². The van der Waals surface area contributed by atoms with Crippen LogP contribution in [0.25, 0.3) is 0 Å². The predicted molar refractivity (Wildman–Crippen MR) is 117 cm³/mol. The fourth-order valence-corrected chi connectivity index (χ4v) is 9.30. The molecule has 3 saturated heterocycles. The number of rotatable bonds is 2. The Morgan fingerprint density at radius 3 is 2.41 bits per heavy atom. The minimum atomic E-state index is -1.15. The first-order valence-electron chi connectivity index (χ1n) is 12.1. The molecule has 8 nitrogen and oxygen atoms in total. The van der Waals surface area contributed by atoms with Gasteiger partial charge in [-0.2, -0.15) is 0 Å². The van der Waals surface area contributed by atoms with Crippen LogP contribution in [0.4, 0.5) is 0 Å². The summed E-state index contributed by atoms with van der Waals surface area (Å²) in [5, 5.41) is 11.9. The minimum Gasteiger partial charge on any atom is -0.472 e. The Bertz CT molecular complexity index is 1080. The number of ketones is 1. The highest BCUT2D eigenvalue weighted by Gasteiger charge is 2.91. The molecule has 2 aliphatic carbocycles. The van der Waals surface area contributed by atoms with Crippen molar-refractivity contribution in [2.75, 3.05) is 7.11 Å². The first-order valence-corrected chi connectivity index (χ1v) is 12.1. The summed E-state index contributed by atoms with van der Waals surface area (Å²) in [6.45, 7) is 11.8. The molecule has 0 bridgehead atoms. The van der Waals surface area contributed by atoms with Gasteiger partial charge in [0.2, 0.25) is 0 Å². The number of methoxy groups -OCH3 is 1. The van der Waals surface area contributed by atoms with Crippen LogP contribution in [0, 0.1) is 28.1 Å². The third-order valence-electron chi connectivity index (χ3n) is 10.8. The Balaban J connectivity index is 1.58. The zero-order valence-corrected chi connectivity index (χ0v) is 20.8. The summed E-state index contributed by atoms with van der Waals surface area (Å²) in [5.41, 5.74) is -3.75. The van der Waals surface area contributed by atoms with Crippen molar-refractivity contribution in [2.45, 2.75) is 89.7 Å². The second kappa shape index (κ2) is 6.14. The predicted octanol–water partition coefficient (Wildman–Crippen LogP) is 3.18. The van der Waals surface area contributed by atoms with Gasteiger partial charge in [-0.05, 0) is 40.2 Å². The number of hydrogen-bond acceptors (Lipinski definition) is 8. The summed E-state index contributed by atoms with van der Waals surface area (Å²) in [6.07, 6.45) is 1.20. The maximum atomic E-state index is 14.2.